The normalized spacial score (nSPS) is 12.7. The predicted octanol–water partition coefficient (Wildman–Crippen LogP) is 2.30. The van der Waals surface area contributed by atoms with Crippen LogP contribution < -0.4 is 14.8 Å². The summed E-state index contributed by atoms with van der Waals surface area (Å²) >= 11 is 0. The predicted molar refractivity (Wildman–Crippen MR) is 90.3 cm³/mol. The first-order chi connectivity index (χ1) is 10.9. The summed E-state index contributed by atoms with van der Waals surface area (Å²) in [5.41, 5.74) is 0.297. The minimum absolute atomic E-state index is 0.0238. The lowest BCUT2D eigenvalue weighted by atomic mass is 10.1. The van der Waals surface area contributed by atoms with E-state index in [0.29, 0.717) is 18.5 Å². The molecule has 0 saturated heterocycles. The van der Waals surface area contributed by atoms with E-state index in [1.165, 1.54) is 19.2 Å². The van der Waals surface area contributed by atoms with Crippen LogP contribution >= 0.6 is 0 Å². The van der Waals surface area contributed by atoms with E-state index in [0.717, 1.165) is 12.8 Å². The number of carbonyl (C=O) groups is 1. The molecule has 2 N–H and O–H groups in total. The van der Waals surface area contributed by atoms with Crippen LogP contribution in [0.4, 0.5) is 0 Å². The minimum Gasteiger partial charge on any atom is -0.495 e. The molecule has 1 aromatic carbocycles. The second-order valence-corrected chi connectivity index (χ2v) is 7.16. The second-order valence-electron chi connectivity index (χ2n) is 5.43. The molecule has 1 unspecified atom stereocenters. The van der Waals surface area contributed by atoms with E-state index >= 15 is 0 Å². The zero-order valence-electron chi connectivity index (χ0n) is 14.2. The van der Waals surface area contributed by atoms with Crippen molar-refractivity contribution in [2.45, 2.75) is 51.0 Å². The van der Waals surface area contributed by atoms with Crippen LogP contribution in [-0.2, 0) is 10.0 Å². The Labute approximate surface area is 138 Å². The monoisotopic (exact) mass is 342 g/mol. The molecule has 0 aliphatic carbocycles. The van der Waals surface area contributed by atoms with E-state index in [2.05, 4.69) is 10.0 Å². The van der Waals surface area contributed by atoms with Crippen LogP contribution in [0.15, 0.2) is 23.1 Å². The highest BCUT2D eigenvalue weighted by atomic mass is 32.2. The van der Waals surface area contributed by atoms with Crippen molar-refractivity contribution < 1.29 is 17.9 Å². The molecule has 1 rings (SSSR count). The molecule has 0 aromatic heterocycles. The van der Waals surface area contributed by atoms with Gasteiger partial charge in [0.2, 0.25) is 10.0 Å². The van der Waals surface area contributed by atoms with Crippen LogP contribution in [0.2, 0.25) is 0 Å². The third-order valence-corrected chi connectivity index (χ3v) is 4.84. The van der Waals surface area contributed by atoms with Gasteiger partial charge in [0.15, 0.2) is 0 Å². The molecule has 0 aliphatic rings. The van der Waals surface area contributed by atoms with Crippen molar-refractivity contribution in [2.24, 2.45) is 0 Å². The van der Waals surface area contributed by atoms with Crippen molar-refractivity contribution in [3.8, 4) is 5.75 Å². The highest BCUT2D eigenvalue weighted by Gasteiger charge is 2.21. The summed E-state index contributed by atoms with van der Waals surface area (Å²) in [5.74, 6) is -0.0766. The van der Waals surface area contributed by atoms with E-state index in [4.69, 9.17) is 4.74 Å². The van der Waals surface area contributed by atoms with Crippen molar-refractivity contribution >= 4 is 15.9 Å². The topological polar surface area (TPSA) is 84.5 Å². The number of methoxy groups -OCH3 is 1. The van der Waals surface area contributed by atoms with Crippen molar-refractivity contribution in [1.82, 2.24) is 10.0 Å². The molecule has 0 fully saturated rings. The SMILES string of the molecule is CCCNS(=O)(=O)c1cc(C(=O)NC(C)CCC)ccc1OC. The zero-order chi connectivity index (χ0) is 17.5. The molecule has 1 atom stereocenters. The maximum atomic E-state index is 12.3. The third-order valence-electron chi connectivity index (χ3n) is 3.36. The number of sulfonamides is 1. The lowest BCUT2D eigenvalue weighted by molar-refractivity contribution is 0.0938. The Morgan fingerprint density at radius 2 is 1.96 bits per heavy atom. The fourth-order valence-electron chi connectivity index (χ4n) is 2.15. The summed E-state index contributed by atoms with van der Waals surface area (Å²) in [5, 5.41) is 2.86. The molecule has 0 bridgehead atoms. The maximum Gasteiger partial charge on any atom is 0.251 e. The van der Waals surface area contributed by atoms with E-state index in [1.807, 2.05) is 20.8 Å². The molecule has 0 heterocycles. The van der Waals surface area contributed by atoms with Crippen molar-refractivity contribution in [3.63, 3.8) is 0 Å². The molecule has 23 heavy (non-hydrogen) atoms. The highest BCUT2D eigenvalue weighted by molar-refractivity contribution is 7.89. The molecule has 0 radical (unpaired) electrons. The van der Waals surface area contributed by atoms with Gasteiger partial charge in [0, 0.05) is 18.2 Å². The van der Waals surface area contributed by atoms with Gasteiger partial charge in [-0.15, -0.1) is 0 Å². The van der Waals surface area contributed by atoms with Crippen molar-refractivity contribution in [3.05, 3.63) is 23.8 Å². The minimum atomic E-state index is -3.71. The zero-order valence-corrected chi connectivity index (χ0v) is 15.0. The Morgan fingerprint density at radius 3 is 2.52 bits per heavy atom. The van der Waals surface area contributed by atoms with Gasteiger partial charge in [-0.05, 0) is 38.0 Å². The van der Waals surface area contributed by atoms with Gasteiger partial charge in [-0.1, -0.05) is 20.3 Å². The van der Waals surface area contributed by atoms with Gasteiger partial charge in [0.1, 0.15) is 10.6 Å². The summed E-state index contributed by atoms with van der Waals surface area (Å²) in [6.45, 7) is 6.17. The van der Waals surface area contributed by atoms with Crippen molar-refractivity contribution in [1.29, 1.82) is 0 Å². The van der Waals surface area contributed by atoms with Crippen LogP contribution in [0.5, 0.6) is 5.75 Å². The Hall–Kier alpha value is -1.60. The quantitative estimate of drug-likeness (QED) is 0.721. The number of nitrogens with one attached hydrogen (secondary N) is 2. The van der Waals surface area contributed by atoms with E-state index in [9.17, 15) is 13.2 Å². The standard InChI is InChI=1S/C16H26N2O4S/c1-5-7-12(3)18-16(19)13-8-9-14(22-4)15(11-13)23(20,21)17-10-6-2/h8-9,11-12,17H,5-7,10H2,1-4H3,(H,18,19). The van der Waals surface area contributed by atoms with Gasteiger partial charge in [0.05, 0.1) is 7.11 Å². The lowest BCUT2D eigenvalue weighted by Crippen LogP contribution is -2.32. The number of carbonyl (C=O) groups excluding carboxylic acids is 1. The first kappa shape index (κ1) is 19.4. The first-order valence-corrected chi connectivity index (χ1v) is 9.32. The molecule has 1 aromatic rings. The van der Waals surface area contributed by atoms with Gasteiger partial charge in [-0.3, -0.25) is 4.79 Å². The third kappa shape index (κ3) is 5.51. The number of hydrogen-bond acceptors (Lipinski definition) is 4. The average molecular weight is 342 g/mol. The lowest BCUT2D eigenvalue weighted by Gasteiger charge is -2.15. The average Bonchev–Trinajstić information content (AvgIpc) is 2.52. The Morgan fingerprint density at radius 1 is 1.26 bits per heavy atom. The molecule has 1 amide bonds. The summed E-state index contributed by atoms with van der Waals surface area (Å²) in [6, 6.07) is 4.45. The van der Waals surface area contributed by atoms with Crippen LogP contribution in [-0.4, -0.2) is 34.0 Å². The van der Waals surface area contributed by atoms with Gasteiger partial charge in [0.25, 0.3) is 5.91 Å². The van der Waals surface area contributed by atoms with Gasteiger partial charge < -0.3 is 10.1 Å². The fourth-order valence-corrected chi connectivity index (χ4v) is 3.48. The van der Waals surface area contributed by atoms with E-state index < -0.39 is 10.0 Å². The van der Waals surface area contributed by atoms with Gasteiger partial charge >= 0.3 is 0 Å². The number of rotatable bonds is 9. The molecule has 130 valence electrons. The maximum absolute atomic E-state index is 12.3. The Balaban J connectivity index is 3.10. The fraction of sp³-hybridized carbons (Fsp3) is 0.562. The van der Waals surface area contributed by atoms with Gasteiger partial charge in [-0.25, -0.2) is 13.1 Å². The number of benzene rings is 1. The summed E-state index contributed by atoms with van der Waals surface area (Å²) in [6.07, 6.45) is 2.51. The van der Waals surface area contributed by atoms with Gasteiger partial charge in [-0.2, -0.15) is 0 Å². The van der Waals surface area contributed by atoms with Crippen LogP contribution in [0.3, 0.4) is 0 Å². The first-order valence-electron chi connectivity index (χ1n) is 7.84. The highest BCUT2D eigenvalue weighted by Crippen LogP contribution is 2.25. The number of ether oxygens (including phenoxy) is 1. The number of amides is 1. The van der Waals surface area contributed by atoms with Crippen molar-refractivity contribution in [2.75, 3.05) is 13.7 Å². The van der Waals surface area contributed by atoms with E-state index in [-0.39, 0.29) is 22.6 Å². The number of hydrogen-bond donors (Lipinski definition) is 2. The molecule has 6 nitrogen and oxygen atoms in total. The Kier molecular flexibility index (Phi) is 7.51. The summed E-state index contributed by atoms with van der Waals surface area (Å²) in [7, 11) is -2.31. The van der Waals surface area contributed by atoms with Crippen LogP contribution in [0.25, 0.3) is 0 Å². The molecular formula is C16H26N2O4S. The Bertz CT molecular complexity index is 629. The molecule has 0 saturated carbocycles. The smallest absolute Gasteiger partial charge is 0.251 e. The van der Waals surface area contributed by atoms with Crippen LogP contribution in [0, 0.1) is 0 Å². The van der Waals surface area contributed by atoms with Crippen LogP contribution in [0.1, 0.15) is 50.4 Å². The largest absolute Gasteiger partial charge is 0.495 e. The summed E-state index contributed by atoms with van der Waals surface area (Å²) < 4.78 is 32.3. The summed E-state index contributed by atoms with van der Waals surface area (Å²) in [4.78, 5) is 12.2. The van der Waals surface area contributed by atoms with E-state index in [1.54, 1.807) is 6.07 Å². The molecule has 7 heteroatoms. The second kappa shape index (κ2) is 8.88. The molecule has 0 spiro atoms. The molecular weight excluding hydrogens is 316 g/mol. The molecule has 0 aliphatic heterocycles.